The van der Waals surface area contributed by atoms with Crippen LogP contribution in [0.5, 0.6) is 5.75 Å². The van der Waals surface area contributed by atoms with Crippen LogP contribution in [0.4, 0.5) is 4.39 Å². The smallest absolute Gasteiger partial charge is 0.126 e. The lowest BCUT2D eigenvalue weighted by Gasteiger charge is -2.36. The summed E-state index contributed by atoms with van der Waals surface area (Å²) in [5, 5.41) is 14.2. The van der Waals surface area contributed by atoms with Crippen molar-refractivity contribution in [1.82, 2.24) is 5.32 Å². The quantitative estimate of drug-likeness (QED) is 0.870. The molecule has 0 radical (unpaired) electrons. The minimum absolute atomic E-state index is 0.0873. The summed E-state index contributed by atoms with van der Waals surface area (Å²) in [6.07, 6.45) is 8.69. The van der Waals surface area contributed by atoms with Crippen LogP contribution in [0.3, 0.4) is 0 Å². The summed E-state index contributed by atoms with van der Waals surface area (Å²) < 4.78 is 19.1. The number of halogens is 1. The van der Waals surface area contributed by atoms with Crippen LogP contribution >= 0.6 is 0 Å². The Bertz CT molecular complexity index is 490. The van der Waals surface area contributed by atoms with E-state index in [0.29, 0.717) is 5.75 Å². The van der Waals surface area contributed by atoms with E-state index in [9.17, 15) is 9.50 Å². The summed E-state index contributed by atoms with van der Waals surface area (Å²) in [7, 11) is 0. The van der Waals surface area contributed by atoms with Crippen molar-refractivity contribution in [3.63, 3.8) is 0 Å². The van der Waals surface area contributed by atoms with Gasteiger partial charge in [0.05, 0.1) is 0 Å². The van der Waals surface area contributed by atoms with Gasteiger partial charge in [-0.25, -0.2) is 4.39 Å². The highest BCUT2D eigenvalue weighted by molar-refractivity contribution is 5.23. The van der Waals surface area contributed by atoms with Crippen molar-refractivity contribution in [2.45, 2.75) is 69.6 Å². The average molecular weight is 321 g/mol. The summed E-state index contributed by atoms with van der Waals surface area (Å²) in [5.41, 5.74) is 0. The van der Waals surface area contributed by atoms with E-state index in [4.69, 9.17) is 4.74 Å². The van der Waals surface area contributed by atoms with Crippen molar-refractivity contribution in [3.05, 3.63) is 30.1 Å². The standard InChI is InChI=1S/C19H28FNO2/c20-15-8-4-9-16(12-15)23-18-11-5-10-17(19(18)22)21-13-14-6-2-1-3-7-14/h4,8-9,12,14,17-19,21-22H,1-3,5-7,10-11,13H2/t17-,18+,19+/m0/s1. The number of hydrogen-bond acceptors (Lipinski definition) is 3. The molecular weight excluding hydrogens is 293 g/mol. The maximum atomic E-state index is 13.3. The summed E-state index contributed by atoms with van der Waals surface area (Å²) in [6, 6.07) is 6.25. The molecule has 0 spiro atoms. The number of rotatable bonds is 5. The number of ether oxygens (including phenoxy) is 1. The molecular formula is C19H28FNO2. The van der Waals surface area contributed by atoms with E-state index >= 15 is 0 Å². The lowest BCUT2D eigenvalue weighted by atomic mass is 9.87. The van der Waals surface area contributed by atoms with Gasteiger partial charge in [-0.2, -0.15) is 0 Å². The Kier molecular flexibility index (Phi) is 5.90. The minimum Gasteiger partial charge on any atom is -0.488 e. The largest absolute Gasteiger partial charge is 0.488 e. The lowest BCUT2D eigenvalue weighted by Crippen LogP contribution is -2.52. The topological polar surface area (TPSA) is 41.5 Å². The van der Waals surface area contributed by atoms with Crippen LogP contribution in [0.1, 0.15) is 51.4 Å². The molecule has 2 aliphatic rings. The third kappa shape index (κ3) is 4.67. The molecule has 3 nitrogen and oxygen atoms in total. The number of nitrogens with one attached hydrogen (secondary N) is 1. The maximum Gasteiger partial charge on any atom is 0.126 e. The fourth-order valence-electron chi connectivity index (χ4n) is 3.92. The van der Waals surface area contributed by atoms with E-state index in [1.54, 1.807) is 12.1 Å². The van der Waals surface area contributed by atoms with Crippen LogP contribution in [0.2, 0.25) is 0 Å². The van der Waals surface area contributed by atoms with Crippen LogP contribution in [0.25, 0.3) is 0 Å². The van der Waals surface area contributed by atoms with E-state index in [0.717, 1.165) is 31.7 Å². The monoisotopic (exact) mass is 321 g/mol. The van der Waals surface area contributed by atoms with Gasteiger partial charge in [0, 0.05) is 12.1 Å². The van der Waals surface area contributed by atoms with Gasteiger partial charge >= 0.3 is 0 Å². The zero-order chi connectivity index (χ0) is 16.1. The number of aliphatic hydroxyl groups is 1. The van der Waals surface area contributed by atoms with Crippen molar-refractivity contribution < 1.29 is 14.2 Å². The second-order valence-electron chi connectivity index (χ2n) is 7.05. The van der Waals surface area contributed by atoms with E-state index < -0.39 is 6.10 Å². The molecule has 0 bridgehead atoms. The highest BCUT2D eigenvalue weighted by Crippen LogP contribution is 2.27. The molecule has 0 aliphatic heterocycles. The Morgan fingerprint density at radius 3 is 2.70 bits per heavy atom. The van der Waals surface area contributed by atoms with Gasteiger partial charge < -0.3 is 15.2 Å². The Labute approximate surface area is 138 Å². The third-order valence-corrected chi connectivity index (χ3v) is 5.27. The van der Waals surface area contributed by atoms with Gasteiger partial charge in [0.15, 0.2) is 0 Å². The first-order valence-corrected chi connectivity index (χ1v) is 9.06. The van der Waals surface area contributed by atoms with Crippen molar-refractivity contribution in [1.29, 1.82) is 0 Å². The van der Waals surface area contributed by atoms with Crippen LogP contribution < -0.4 is 10.1 Å². The van der Waals surface area contributed by atoms with Crippen molar-refractivity contribution >= 4 is 0 Å². The molecule has 2 N–H and O–H groups in total. The Morgan fingerprint density at radius 1 is 1.09 bits per heavy atom. The van der Waals surface area contributed by atoms with E-state index in [1.807, 2.05) is 0 Å². The van der Waals surface area contributed by atoms with Crippen molar-refractivity contribution in [3.8, 4) is 5.75 Å². The van der Waals surface area contributed by atoms with Crippen LogP contribution in [-0.4, -0.2) is 29.9 Å². The third-order valence-electron chi connectivity index (χ3n) is 5.27. The van der Waals surface area contributed by atoms with Gasteiger partial charge in [0.25, 0.3) is 0 Å². The molecule has 0 aromatic heterocycles. The molecule has 2 fully saturated rings. The number of benzene rings is 1. The summed E-state index contributed by atoms with van der Waals surface area (Å²) in [4.78, 5) is 0. The normalized spacial score (nSPS) is 29.4. The molecule has 0 unspecified atom stereocenters. The fourth-order valence-corrected chi connectivity index (χ4v) is 3.92. The second kappa shape index (κ2) is 8.11. The molecule has 0 amide bonds. The molecule has 4 heteroatoms. The van der Waals surface area contributed by atoms with Gasteiger partial charge in [-0.05, 0) is 56.7 Å². The first kappa shape index (κ1) is 16.7. The van der Waals surface area contributed by atoms with Gasteiger partial charge in [-0.3, -0.25) is 0 Å². The maximum absolute atomic E-state index is 13.3. The predicted molar refractivity (Wildman–Crippen MR) is 89.0 cm³/mol. The molecule has 128 valence electrons. The summed E-state index contributed by atoms with van der Waals surface area (Å²) >= 11 is 0. The molecule has 2 aliphatic carbocycles. The first-order chi connectivity index (χ1) is 11.2. The summed E-state index contributed by atoms with van der Waals surface area (Å²) in [6.45, 7) is 0.994. The SMILES string of the molecule is O[C@@H]1[C@@H](NCC2CCCCC2)CCC[C@H]1Oc1cccc(F)c1. The molecule has 1 aromatic rings. The zero-order valence-electron chi connectivity index (χ0n) is 13.7. The molecule has 3 atom stereocenters. The Balaban J connectivity index is 1.52. The first-order valence-electron chi connectivity index (χ1n) is 9.06. The molecule has 1 aromatic carbocycles. The van der Waals surface area contributed by atoms with Gasteiger partial charge in [0.2, 0.25) is 0 Å². The zero-order valence-corrected chi connectivity index (χ0v) is 13.7. The van der Waals surface area contributed by atoms with Crippen LogP contribution in [0, 0.1) is 11.7 Å². The lowest BCUT2D eigenvalue weighted by molar-refractivity contribution is -0.0165. The van der Waals surface area contributed by atoms with Gasteiger partial charge in [0.1, 0.15) is 23.8 Å². The molecule has 0 heterocycles. The Hall–Kier alpha value is -1.13. The fraction of sp³-hybridized carbons (Fsp3) is 0.684. The van der Waals surface area contributed by atoms with Crippen LogP contribution in [-0.2, 0) is 0 Å². The van der Waals surface area contributed by atoms with Crippen LogP contribution in [0.15, 0.2) is 24.3 Å². The predicted octanol–water partition coefficient (Wildman–Crippen LogP) is 3.66. The number of hydrogen-bond donors (Lipinski definition) is 2. The van der Waals surface area contributed by atoms with Gasteiger partial charge in [-0.15, -0.1) is 0 Å². The van der Waals surface area contributed by atoms with Gasteiger partial charge in [-0.1, -0.05) is 25.3 Å². The second-order valence-corrected chi connectivity index (χ2v) is 7.05. The highest BCUT2D eigenvalue weighted by Gasteiger charge is 2.33. The minimum atomic E-state index is -0.532. The molecule has 0 saturated heterocycles. The Morgan fingerprint density at radius 2 is 1.91 bits per heavy atom. The summed E-state index contributed by atoms with van der Waals surface area (Å²) in [5.74, 6) is 0.946. The van der Waals surface area contributed by atoms with E-state index in [-0.39, 0.29) is 18.0 Å². The highest BCUT2D eigenvalue weighted by atomic mass is 19.1. The van der Waals surface area contributed by atoms with E-state index in [1.165, 1.54) is 44.2 Å². The average Bonchev–Trinajstić information content (AvgIpc) is 2.57. The number of aliphatic hydroxyl groups excluding tert-OH is 1. The van der Waals surface area contributed by atoms with Crippen molar-refractivity contribution in [2.75, 3.05) is 6.54 Å². The van der Waals surface area contributed by atoms with E-state index in [2.05, 4.69) is 5.32 Å². The molecule has 2 saturated carbocycles. The molecule has 23 heavy (non-hydrogen) atoms. The van der Waals surface area contributed by atoms with Crippen molar-refractivity contribution in [2.24, 2.45) is 5.92 Å². The molecule has 3 rings (SSSR count).